The van der Waals surface area contributed by atoms with Crippen LogP contribution >= 0.6 is 0 Å². The standard InChI is InChI=1S/C55H68N10O9S/c1-34(2)61-22-20-60(21-23-61)30-37-31-72-49-27-40(26-45(65(67)68)51(49)57-37)75(69,70)59-53(66)42-12-11-38(25-44(42)64-46-24-36-13-16-56-52(36)58-54(46)74-50-33-71-32-47(50)64)62-18-14-55(15-19-62)28-39(29-55)63-17-7-9-43(63)41-8-5-6-10-48(41)73-35(3)4/h5-6,8,10-13,16,24-27,34-35,37,39,43,47,50,57H,7,9,14-15,17-23,28-33H2,1-4H3,(H,56,58)(H,59,66)/t37-,43-,47+,50+/m0/s1. The summed E-state index contributed by atoms with van der Waals surface area (Å²) in [6.45, 7) is 16.2. The second-order valence-electron chi connectivity index (χ2n) is 22.3. The number of fused-ring (bicyclic) bond motifs is 4. The van der Waals surface area contributed by atoms with Crippen LogP contribution in [0, 0.1) is 15.5 Å². The predicted molar refractivity (Wildman–Crippen MR) is 285 cm³/mol. The van der Waals surface area contributed by atoms with Gasteiger partial charge < -0.3 is 39.0 Å². The number of carbonyl (C=O) groups excluding carboxylic acids is 1. The van der Waals surface area contributed by atoms with E-state index in [2.05, 4.69) is 86.6 Å². The minimum absolute atomic E-state index is 0.0302. The zero-order valence-corrected chi connectivity index (χ0v) is 44.0. The Morgan fingerprint density at radius 1 is 0.947 bits per heavy atom. The number of anilines is 4. The van der Waals surface area contributed by atoms with Gasteiger partial charge in [-0.3, -0.25) is 29.6 Å². The number of likely N-dealkylation sites (tertiary alicyclic amines) is 1. The van der Waals surface area contributed by atoms with Crippen molar-refractivity contribution >= 4 is 55.4 Å². The zero-order chi connectivity index (χ0) is 51.8. The number of piperidine rings is 1. The van der Waals surface area contributed by atoms with Gasteiger partial charge in [-0.05, 0) is 115 Å². The van der Waals surface area contributed by atoms with Gasteiger partial charge in [-0.2, -0.15) is 4.98 Å². The molecule has 5 aromatic rings. The number of ether oxygens (including phenoxy) is 4. The number of hydrogen-bond donors (Lipinski definition) is 3. The van der Waals surface area contributed by atoms with Crippen LogP contribution in [-0.2, 0) is 14.8 Å². The lowest BCUT2D eigenvalue weighted by molar-refractivity contribution is -0.384. The van der Waals surface area contributed by atoms with Gasteiger partial charge in [0.1, 0.15) is 29.8 Å². The number of nitro benzene ring substituents is 1. The predicted octanol–water partition coefficient (Wildman–Crippen LogP) is 7.46. The third kappa shape index (κ3) is 9.50. The normalized spacial score (nSPS) is 24.1. The number of benzene rings is 3. The van der Waals surface area contributed by atoms with Gasteiger partial charge in [0.15, 0.2) is 11.4 Å². The zero-order valence-electron chi connectivity index (χ0n) is 43.2. The molecule has 398 valence electrons. The van der Waals surface area contributed by atoms with Crippen molar-refractivity contribution in [2.75, 3.05) is 87.3 Å². The molecule has 3 N–H and O–H groups in total. The molecule has 1 saturated carbocycles. The summed E-state index contributed by atoms with van der Waals surface area (Å²) in [5, 5.41) is 16.7. The number of nitrogens with one attached hydrogen (secondary N) is 3. The SMILES string of the molecule is CC(C)Oc1ccccc1[C@@H]1CCCN1C1CC2(CCN(c3ccc(C(=O)NS(=O)(=O)c4cc5c(c([N+](=O)[O-])c4)N[C@@H](CN4CCN(C(C)C)CC4)CO5)c(N4c5cc6cc[nH]c6nc5O[C@@H]5COC[C@H]54)c3)CC2)C1. The lowest BCUT2D eigenvalue weighted by Gasteiger charge is -2.56. The maximum atomic E-state index is 14.8. The van der Waals surface area contributed by atoms with Crippen LogP contribution in [0.25, 0.3) is 11.0 Å². The van der Waals surface area contributed by atoms with Crippen LogP contribution in [0.5, 0.6) is 17.4 Å². The Kier molecular flexibility index (Phi) is 13.1. The van der Waals surface area contributed by atoms with Crippen molar-refractivity contribution in [1.82, 2.24) is 29.4 Å². The van der Waals surface area contributed by atoms with Crippen LogP contribution in [0.1, 0.15) is 88.2 Å². The number of amides is 1. The number of piperazine rings is 1. The number of hydrogen-bond acceptors (Lipinski definition) is 16. The molecule has 12 rings (SSSR count). The third-order valence-electron chi connectivity index (χ3n) is 16.9. The maximum absolute atomic E-state index is 14.8. The Hall–Kier alpha value is -6.19. The van der Waals surface area contributed by atoms with Crippen LogP contribution in [0.15, 0.2) is 77.8 Å². The fraction of sp³-hybridized carbons (Fsp3) is 0.527. The molecule has 1 aliphatic carbocycles. The summed E-state index contributed by atoms with van der Waals surface area (Å²) in [6, 6.07) is 20.9. The minimum atomic E-state index is -4.70. The second-order valence-corrected chi connectivity index (χ2v) is 24.0. The number of H-pyrrole nitrogens is 1. The van der Waals surface area contributed by atoms with Crippen molar-refractivity contribution in [3.8, 4) is 17.4 Å². The van der Waals surface area contributed by atoms with Gasteiger partial charge in [0.05, 0.1) is 52.5 Å². The lowest BCUT2D eigenvalue weighted by Crippen LogP contribution is -2.55. The summed E-state index contributed by atoms with van der Waals surface area (Å²) in [4.78, 5) is 46.2. The number of nitro groups is 1. The van der Waals surface area contributed by atoms with E-state index in [0.29, 0.717) is 60.8 Å². The summed E-state index contributed by atoms with van der Waals surface area (Å²) in [5.41, 5.74) is 3.92. The van der Waals surface area contributed by atoms with E-state index < -0.39 is 37.5 Å². The quantitative estimate of drug-likeness (QED) is 0.0775. The number of aromatic amines is 1. The highest BCUT2D eigenvalue weighted by Crippen LogP contribution is 2.55. The average molecular weight is 1050 g/mol. The molecule has 0 radical (unpaired) electrons. The van der Waals surface area contributed by atoms with Crippen molar-refractivity contribution in [3.63, 3.8) is 0 Å². The van der Waals surface area contributed by atoms with Gasteiger partial charge >= 0.3 is 0 Å². The molecule has 0 unspecified atom stereocenters. The van der Waals surface area contributed by atoms with Gasteiger partial charge in [-0.25, -0.2) is 13.1 Å². The van der Waals surface area contributed by atoms with Crippen LogP contribution in [0.3, 0.4) is 0 Å². The molecule has 19 nitrogen and oxygen atoms in total. The number of rotatable bonds is 13. The first kappa shape index (κ1) is 49.7. The van der Waals surface area contributed by atoms with Gasteiger partial charge in [0, 0.05) is 98.9 Å². The highest BCUT2D eigenvalue weighted by molar-refractivity contribution is 7.90. The van der Waals surface area contributed by atoms with E-state index in [4.69, 9.17) is 23.9 Å². The Bertz CT molecular complexity index is 3090. The van der Waals surface area contributed by atoms with Gasteiger partial charge in [-0.15, -0.1) is 0 Å². The van der Waals surface area contributed by atoms with Crippen LogP contribution in [0.4, 0.5) is 28.4 Å². The van der Waals surface area contributed by atoms with Crippen molar-refractivity contribution in [3.05, 3.63) is 94.2 Å². The monoisotopic (exact) mass is 1040 g/mol. The summed E-state index contributed by atoms with van der Waals surface area (Å²) >= 11 is 0. The van der Waals surface area contributed by atoms with Crippen LogP contribution in [0.2, 0.25) is 0 Å². The van der Waals surface area contributed by atoms with Gasteiger partial charge in [0.25, 0.3) is 21.6 Å². The van der Waals surface area contributed by atoms with Crippen molar-refractivity contribution in [2.24, 2.45) is 5.41 Å². The molecule has 0 bridgehead atoms. The highest BCUT2D eigenvalue weighted by Gasteiger charge is 2.50. The first-order valence-electron chi connectivity index (χ1n) is 26.9. The molecular formula is C55H68N10O9S. The number of nitrogens with zero attached hydrogens (tertiary/aromatic N) is 7. The summed E-state index contributed by atoms with van der Waals surface area (Å²) in [7, 11) is -4.70. The van der Waals surface area contributed by atoms with E-state index in [1.807, 2.05) is 29.2 Å². The molecule has 5 fully saturated rings. The molecule has 1 amide bonds. The molecule has 7 aliphatic rings. The summed E-state index contributed by atoms with van der Waals surface area (Å²) in [5.74, 6) is 0.487. The Morgan fingerprint density at radius 3 is 2.52 bits per heavy atom. The van der Waals surface area contributed by atoms with Gasteiger partial charge in [-0.1, -0.05) is 18.2 Å². The van der Waals surface area contributed by atoms with Crippen molar-refractivity contribution in [1.29, 1.82) is 0 Å². The van der Waals surface area contributed by atoms with E-state index in [-0.39, 0.29) is 47.2 Å². The molecule has 20 heteroatoms. The minimum Gasteiger partial charge on any atom is -0.491 e. The van der Waals surface area contributed by atoms with Crippen molar-refractivity contribution in [2.45, 2.75) is 114 Å². The fourth-order valence-electron chi connectivity index (χ4n) is 13.0. The first-order valence-corrected chi connectivity index (χ1v) is 28.3. The lowest BCUT2D eigenvalue weighted by atomic mass is 9.60. The van der Waals surface area contributed by atoms with E-state index >= 15 is 0 Å². The number of para-hydroxylation sites is 1. The van der Waals surface area contributed by atoms with Crippen LogP contribution in [-0.4, -0.2) is 152 Å². The molecule has 4 saturated heterocycles. The number of pyridine rings is 1. The molecule has 8 heterocycles. The van der Waals surface area contributed by atoms with Crippen molar-refractivity contribution < 1.29 is 37.1 Å². The van der Waals surface area contributed by atoms with E-state index in [1.54, 1.807) is 12.3 Å². The summed E-state index contributed by atoms with van der Waals surface area (Å²) in [6.07, 6.45) is 8.17. The van der Waals surface area contributed by atoms with E-state index in [0.717, 1.165) is 101 Å². The number of aromatic nitrogens is 2. The van der Waals surface area contributed by atoms with E-state index in [1.165, 1.54) is 18.1 Å². The molecule has 4 atom stereocenters. The molecule has 6 aliphatic heterocycles. The first-order chi connectivity index (χ1) is 36.2. The Morgan fingerprint density at radius 2 is 1.75 bits per heavy atom. The number of sulfonamides is 1. The van der Waals surface area contributed by atoms with E-state index in [9.17, 15) is 23.3 Å². The smallest absolute Gasteiger partial charge is 0.297 e. The molecule has 1 spiro atoms. The van der Waals surface area contributed by atoms with Gasteiger partial charge in [0.2, 0.25) is 5.88 Å². The third-order valence-corrected chi connectivity index (χ3v) is 18.3. The van der Waals surface area contributed by atoms with Crippen LogP contribution < -0.4 is 34.0 Å². The Labute approximate surface area is 438 Å². The molecule has 3 aromatic carbocycles. The highest BCUT2D eigenvalue weighted by atomic mass is 32.2. The average Bonchev–Trinajstić information content (AvgIpc) is 4.19. The largest absolute Gasteiger partial charge is 0.491 e. The topological polar surface area (TPSA) is 200 Å². The molecule has 75 heavy (non-hydrogen) atoms. The molecule has 2 aromatic heterocycles. The maximum Gasteiger partial charge on any atom is 0.297 e. The number of carbonyl (C=O) groups is 1. The summed E-state index contributed by atoms with van der Waals surface area (Å²) < 4.78 is 55.9. The fourth-order valence-corrected chi connectivity index (χ4v) is 14.0. The molecular weight excluding hydrogens is 977 g/mol. The second kappa shape index (κ2) is 19.7. The Balaban J connectivity index is 0.803.